The molecule has 1 aromatic carbocycles. The van der Waals surface area contributed by atoms with Crippen molar-refractivity contribution in [2.45, 2.75) is 38.4 Å². The molecule has 2 atom stereocenters. The zero-order valence-corrected chi connectivity index (χ0v) is 11.9. The lowest BCUT2D eigenvalue weighted by Gasteiger charge is -2.15. The minimum atomic E-state index is -0.532. The second kappa shape index (κ2) is 8.02. The maximum atomic E-state index is 11.8. The number of hydrogen-bond acceptors (Lipinski definition) is 4. The molecule has 1 fully saturated rings. The summed E-state index contributed by atoms with van der Waals surface area (Å²) in [4.78, 5) is 11.8. The minimum Gasteiger partial charge on any atom is -0.463 e. The van der Waals surface area contributed by atoms with E-state index in [-0.39, 0.29) is 12.1 Å². The van der Waals surface area contributed by atoms with Crippen LogP contribution >= 0.6 is 0 Å². The van der Waals surface area contributed by atoms with Crippen LogP contribution in [0.4, 0.5) is 0 Å². The summed E-state index contributed by atoms with van der Waals surface area (Å²) in [5.41, 5.74) is 1.16. The first-order valence-electron chi connectivity index (χ1n) is 7.19. The van der Waals surface area contributed by atoms with Crippen LogP contribution in [0.15, 0.2) is 30.3 Å². The van der Waals surface area contributed by atoms with Gasteiger partial charge in [-0.1, -0.05) is 30.3 Å². The van der Waals surface area contributed by atoms with Gasteiger partial charge in [-0.2, -0.15) is 0 Å². The molecule has 0 spiro atoms. The van der Waals surface area contributed by atoms with Crippen LogP contribution < -0.4 is 0 Å². The normalized spacial score (nSPS) is 19.8. The molecular formula is C16H22O4. The van der Waals surface area contributed by atoms with Gasteiger partial charge >= 0.3 is 5.97 Å². The molecular weight excluding hydrogens is 256 g/mol. The fourth-order valence-electron chi connectivity index (χ4n) is 2.13. The SMILES string of the molecule is CC(OCC1CCCO1)C(=O)OCCc1ccccc1. The Kier molecular flexibility index (Phi) is 6.02. The Hall–Kier alpha value is -1.39. The first kappa shape index (κ1) is 15.0. The second-order valence-electron chi connectivity index (χ2n) is 5.01. The Morgan fingerprint density at radius 2 is 2.20 bits per heavy atom. The van der Waals surface area contributed by atoms with Gasteiger partial charge in [-0.05, 0) is 25.3 Å². The van der Waals surface area contributed by atoms with Crippen LogP contribution in [0.25, 0.3) is 0 Å². The molecule has 0 radical (unpaired) electrons. The maximum Gasteiger partial charge on any atom is 0.334 e. The van der Waals surface area contributed by atoms with Gasteiger partial charge in [0.1, 0.15) is 0 Å². The van der Waals surface area contributed by atoms with Crippen LogP contribution in [0, 0.1) is 0 Å². The van der Waals surface area contributed by atoms with Crippen LogP contribution in [0.3, 0.4) is 0 Å². The van der Waals surface area contributed by atoms with Gasteiger partial charge in [0.05, 0.1) is 19.3 Å². The second-order valence-corrected chi connectivity index (χ2v) is 5.01. The zero-order chi connectivity index (χ0) is 14.2. The number of rotatable bonds is 7. The highest BCUT2D eigenvalue weighted by Crippen LogP contribution is 2.13. The van der Waals surface area contributed by atoms with Crippen LogP contribution in [-0.4, -0.2) is 38.0 Å². The van der Waals surface area contributed by atoms with E-state index >= 15 is 0 Å². The molecule has 0 bridgehead atoms. The number of ether oxygens (including phenoxy) is 3. The van der Waals surface area contributed by atoms with Crippen molar-refractivity contribution in [3.63, 3.8) is 0 Å². The number of carbonyl (C=O) groups excluding carboxylic acids is 1. The van der Waals surface area contributed by atoms with E-state index in [1.54, 1.807) is 6.92 Å². The van der Waals surface area contributed by atoms with Crippen molar-refractivity contribution in [3.8, 4) is 0 Å². The van der Waals surface area contributed by atoms with Crippen molar-refractivity contribution < 1.29 is 19.0 Å². The molecule has 20 heavy (non-hydrogen) atoms. The first-order valence-corrected chi connectivity index (χ1v) is 7.19. The largest absolute Gasteiger partial charge is 0.463 e. The molecule has 1 saturated heterocycles. The highest BCUT2D eigenvalue weighted by molar-refractivity contribution is 5.74. The Balaban J connectivity index is 1.61. The number of hydrogen-bond donors (Lipinski definition) is 0. The van der Waals surface area contributed by atoms with Gasteiger partial charge < -0.3 is 14.2 Å². The van der Waals surface area contributed by atoms with Crippen molar-refractivity contribution in [1.29, 1.82) is 0 Å². The molecule has 1 aromatic rings. The first-order chi connectivity index (χ1) is 9.75. The van der Waals surface area contributed by atoms with Crippen molar-refractivity contribution >= 4 is 5.97 Å². The molecule has 0 amide bonds. The topological polar surface area (TPSA) is 44.8 Å². The van der Waals surface area contributed by atoms with Crippen LogP contribution in [0.1, 0.15) is 25.3 Å². The van der Waals surface area contributed by atoms with E-state index < -0.39 is 6.10 Å². The van der Waals surface area contributed by atoms with Gasteiger partial charge in [0.15, 0.2) is 6.10 Å². The lowest BCUT2D eigenvalue weighted by molar-refractivity contribution is -0.157. The molecule has 110 valence electrons. The lowest BCUT2D eigenvalue weighted by atomic mass is 10.2. The van der Waals surface area contributed by atoms with Crippen molar-refractivity contribution in [2.24, 2.45) is 0 Å². The minimum absolute atomic E-state index is 0.134. The molecule has 1 aliphatic heterocycles. The summed E-state index contributed by atoms with van der Waals surface area (Å²) in [7, 11) is 0. The van der Waals surface area contributed by atoms with Gasteiger partial charge in [0.25, 0.3) is 0 Å². The third kappa shape index (κ3) is 4.94. The van der Waals surface area contributed by atoms with E-state index in [4.69, 9.17) is 14.2 Å². The van der Waals surface area contributed by atoms with Crippen LogP contribution in [0.5, 0.6) is 0 Å². The third-order valence-electron chi connectivity index (χ3n) is 3.37. The Labute approximate surface area is 120 Å². The molecule has 1 heterocycles. The smallest absolute Gasteiger partial charge is 0.334 e. The summed E-state index contributed by atoms with van der Waals surface area (Å²) >= 11 is 0. The molecule has 0 saturated carbocycles. The summed E-state index contributed by atoms with van der Waals surface area (Å²) in [6.45, 7) is 3.37. The van der Waals surface area contributed by atoms with Gasteiger partial charge in [0, 0.05) is 13.0 Å². The molecule has 2 rings (SSSR count). The summed E-state index contributed by atoms with van der Waals surface area (Å²) < 4.78 is 16.2. The molecule has 4 heteroatoms. The molecule has 0 N–H and O–H groups in total. The maximum absolute atomic E-state index is 11.8. The van der Waals surface area contributed by atoms with Gasteiger partial charge in [0.2, 0.25) is 0 Å². The molecule has 2 unspecified atom stereocenters. The fourth-order valence-corrected chi connectivity index (χ4v) is 2.13. The monoisotopic (exact) mass is 278 g/mol. The summed E-state index contributed by atoms with van der Waals surface area (Å²) in [5.74, 6) is -0.307. The number of carbonyl (C=O) groups is 1. The highest BCUT2D eigenvalue weighted by Gasteiger charge is 2.20. The quantitative estimate of drug-likeness (QED) is 0.718. The fraction of sp³-hybridized carbons (Fsp3) is 0.562. The molecule has 4 nitrogen and oxygen atoms in total. The molecule has 1 aliphatic rings. The predicted molar refractivity (Wildman–Crippen MR) is 75.5 cm³/mol. The van der Waals surface area contributed by atoms with E-state index in [0.29, 0.717) is 13.2 Å². The Bertz CT molecular complexity index is 398. The highest BCUT2D eigenvalue weighted by atomic mass is 16.6. The summed E-state index contributed by atoms with van der Waals surface area (Å²) in [6.07, 6.45) is 2.41. The standard InChI is InChI=1S/C16H22O4/c1-13(20-12-15-8-5-10-18-15)16(17)19-11-9-14-6-3-2-4-7-14/h2-4,6-7,13,15H,5,8-12H2,1H3. The van der Waals surface area contributed by atoms with Crippen molar-refractivity contribution in [3.05, 3.63) is 35.9 Å². The van der Waals surface area contributed by atoms with E-state index in [1.165, 1.54) is 0 Å². The van der Waals surface area contributed by atoms with Crippen LogP contribution in [-0.2, 0) is 25.4 Å². The Morgan fingerprint density at radius 3 is 2.90 bits per heavy atom. The average Bonchev–Trinajstić information content (AvgIpc) is 2.99. The number of esters is 1. The molecule has 0 aliphatic carbocycles. The van der Waals surface area contributed by atoms with Gasteiger partial charge in [-0.15, -0.1) is 0 Å². The van der Waals surface area contributed by atoms with E-state index in [1.807, 2.05) is 30.3 Å². The Morgan fingerprint density at radius 1 is 1.40 bits per heavy atom. The van der Waals surface area contributed by atoms with E-state index in [2.05, 4.69) is 0 Å². The lowest BCUT2D eigenvalue weighted by Crippen LogP contribution is -2.27. The van der Waals surface area contributed by atoms with Crippen LogP contribution in [0.2, 0.25) is 0 Å². The van der Waals surface area contributed by atoms with Crippen molar-refractivity contribution in [2.75, 3.05) is 19.8 Å². The zero-order valence-electron chi connectivity index (χ0n) is 11.9. The number of benzene rings is 1. The third-order valence-corrected chi connectivity index (χ3v) is 3.37. The average molecular weight is 278 g/mol. The summed E-state index contributed by atoms with van der Waals surface area (Å²) in [6, 6.07) is 9.96. The van der Waals surface area contributed by atoms with Crippen molar-refractivity contribution in [1.82, 2.24) is 0 Å². The predicted octanol–water partition coefficient (Wildman–Crippen LogP) is 2.36. The van der Waals surface area contributed by atoms with Gasteiger partial charge in [-0.25, -0.2) is 4.79 Å². The van der Waals surface area contributed by atoms with Gasteiger partial charge in [-0.3, -0.25) is 0 Å². The van der Waals surface area contributed by atoms with E-state index in [9.17, 15) is 4.79 Å². The summed E-state index contributed by atoms with van der Waals surface area (Å²) in [5, 5.41) is 0. The van der Waals surface area contributed by atoms with E-state index in [0.717, 1.165) is 31.4 Å². The molecule has 0 aromatic heterocycles.